The van der Waals surface area contributed by atoms with Crippen molar-refractivity contribution < 1.29 is 0 Å². The summed E-state index contributed by atoms with van der Waals surface area (Å²) in [5.41, 5.74) is 1.42. The Hall–Kier alpha value is -0.586. The first-order valence-electron chi connectivity index (χ1n) is 7.10. The van der Waals surface area contributed by atoms with Crippen LogP contribution < -0.4 is 4.23 Å². The first kappa shape index (κ1) is 15.8. The summed E-state index contributed by atoms with van der Waals surface area (Å²) in [4.78, 5) is 0. The monoisotopic (exact) mass is 365 g/mol. The Balaban J connectivity index is 2.76. The molecule has 0 bridgehead atoms. The van der Waals surface area contributed by atoms with Crippen molar-refractivity contribution in [1.29, 1.82) is 0 Å². The van der Waals surface area contributed by atoms with Crippen LogP contribution in [0.25, 0.3) is 10.8 Å². The second-order valence-electron chi connectivity index (χ2n) is 7.29. The minimum atomic E-state index is -1.42. The number of nitrogens with zero attached hydrogens (tertiary/aromatic N) is 1. The van der Waals surface area contributed by atoms with Gasteiger partial charge in [-0.2, -0.15) is 0 Å². The molecule has 20 heavy (non-hydrogen) atoms. The maximum absolute atomic E-state index is 3.69. The molecule has 4 heteroatoms. The Kier molecular flexibility index (Phi) is 4.20. The van der Waals surface area contributed by atoms with E-state index in [4.69, 9.17) is 0 Å². The van der Waals surface area contributed by atoms with Crippen LogP contribution in [0, 0.1) is 0 Å². The Morgan fingerprint density at radius 1 is 0.750 bits per heavy atom. The van der Waals surface area contributed by atoms with Crippen LogP contribution in [-0.2, 0) is 0 Å². The van der Waals surface area contributed by atoms with Gasteiger partial charge in [0.1, 0.15) is 16.5 Å². The Morgan fingerprint density at radius 2 is 1.25 bits per heavy atom. The van der Waals surface area contributed by atoms with E-state index in [1.54, 1.807) is 0 Å². The topological polar surface area (TPSA) is 3.24 Å². The molecule has 0 fully saturated rings. The average Bonchev–Trinajstić information content (AvgIpc) is 2.29. The number of rotatable bonds is 3. The molecule has 2 aromatic rings. The molecule has 0 aliphatic heterocycles. The van der Waals surface area contributed by atoms with Gasteiger partial charge < -0.3 is 4.23 Å². The van der Waals surface area contributed by atoms with E-state index in [-0.39, 0.29) is 0 Å². The molecule has 0 heterocycles. The fraction of sp³-hybridized carbons (Fsp3) is 0.375. The van der Waals surface area contributed by atoms with Crippen molar-refractivity contribution in [2.45, 2.75) is 39.3 Å². The highest BCUT2D eigenvalue weighted by molar-refractivity contribution is 9.10. The van der Waals surface area contributed by atoms with Crippen LogP contribution in [0.15, 0.2) is 40.9 Å². The van der Waals surface area contributed by atoms with Crippen LogP contribution in [0.3, 0.4) is 0 Å². The summed E-state index contributed by atoms with van der Waals surface area (Å²) < 4.78 is 3.97. The lowest BCUT2D eigenvalue weighted by Crippen LogP contribution is -2.59. The molecule has 0 atom stereocenters. The summed E-state index contributed by atoms with van der Waals surface area (Å²) in [6.07, 6.45) is 0. The Labute approximate surface area is 133 Å². The van der Waals surface area contributed by atoms with Gasteiger partial charge in [0, 0.05) is 15.5 Å². The highest BCUT2D eigenvalue weighted by Gasteiger charge is 2.35. The molecule has 0 spiro atoms. The zero-order valence-corrected chi connectivity index (χ0v) is 16.9. The summed E-state index contributed by atoms with van der Waals surface area (Å²) in [7, 11) is -2.84. The molecule has 1 nitrogen and oxygen atoms in total. The molecule has 0 amide bonds. The summed E-state index contributed by atoms with van der Waals surface area (Å²) in [6, 6.07) is 13.2. The highest BCUT2D eigenvalue weighted by atomic mass is 79.9. The predicted molar refractivity (Wildman–Crippen MR) is 101 cm³/mol. The second-order valence-corrected chi connectivity index (χ2v) is 18.2. The van der Waals surface area contributed by atoms with Crippen LogP contribution in [0.5, 0.6) is 0 Å². The average molecular weight is 366 g/mol. The van der Waals surface area contributed by atoms with Crippen LogP contribution in [-0.4, -0.2) is 16.5 Å². The van der Waals surface area contributed by atoms with Crippen molar-refractivity contribution in [2.75, 3.05) is 4.23 Å². The molecule has 0 saturated carbocycles. The lowest BCUT2D eigenvalue weighted by molar-refractivity contribution is 1.37. The quantitative estimate of drug-likeness (QED) is 0.595. The third kappa shape index (κ3) is 3.02. The van der Waals surface area contributed by atoms with E-state index in [9.17, 15) is 0 Å². The van der Waals surface area contributed by atoms with Gasteiger partial charge in [0.05, 0.1) is 0 Å². The maximum atomic E-state index is 3.69. The molecular weight excluding hydrogens is 342 g/mol. The van der Waals surface area contributed by atoms with Gasteiger partial charge in [0.2, 0.25) is 0 Å². The van der Waals surface area contributed by atoms with Gasteiger partial charge in [0.25, 0.3) is 0 Å². The molecule has 0 unspecified atom stereocenters. The number of hydrogen-bond acceptors (Lipinski definition) is 1. The van der Waals surface area contributed by atoms with Gasteiger partial charge in [-0.1, -0.05) is 79.5 Å². The molecule has 2 aromatic carbocycles. The van der Waals surface area contributed by atoms with Gasteiger partial charge in [0.15, 0.2) is 0 Å². The zero-order chi connectivity index (χ0) is 15.1. The molecule has 0 radical (unpaired) electrons. The number of anilines is 1. The third-order valence-corrected chi connectivity index (χ3v) is 11.3. The number of benzene rings is 2. The van der Waals surface area contributed by atoms with E-state index in [1.165, 1.54) is 20.9 Å². The minimum absolute atomic E-state index is 1.18. The first-order chi connectivity index (χ1) is 9.12. The minimum Gasteiger partial charge on any atom is -0.424 e. The van der Waals surface area contributed by atoms with Gasteiger partial charge in [-0.05, 0) is 17.5 Å². The van der Waals surface area contributed by atoms with Crippen LogP contribution >= 0.6 is 15.9 Å². The van der Waals surface area contributed by atoms with Crippen LogP contribution in [0.1, 0.15) is 0 Å². The predicted octanol–water partition coefficient (Wildman–Crippen LogP) is 6.08. The van der Waals surface area contributed by atoms with Gasteiger partial charge >= 0.3 is 0 Å². The van der Waals surface area contributed by atoms with Gasteiger partial charge in [-0.3, -0.25) is 0 Å². The van der Waals surface area contributed by atoms with Gasteiger partial charge in [-0.25, -0.2) is 0 Å². The standard InChI is InChI=1S/C16H24BrNSi2/c1-19(2,3)18(20(4,5)6)16-12-11-15(17)13-9-7-8-10-14(13)16/h7-12H,1-6H3. The summed E-state index contributed by atoms with van der Waals surface area (Å²) in [5, 5.41) is 2.68. The summed E-state index contributed by atoms with van der Waals surface area (Å²) in [6.45, 7) is 14.7. The molecule has 0 N–H and O–H groups in total. The smallest absolute Gasteiger partial charge is 0.138 e. The maximum Gasteiger partial charge on any atom is 0.138 e. The molecule has 0 aliphatic rings. The van der Waals surface area contributed by atoms with E-state index in [1.807, 2.05) is 0 Å². The van der Waals surface area contributed by atoms with Gasteiger partial charge in [-0.15, -0.1) is 0 Å². The van der Waals surface area contributed by atoms with Crippen molar-refractivity contribution >= 4 is 48.9 Å². The van der Waals surface area contributed by atoms with E-state index >= 15 is 0 Å². The molecule has 0 aromatic heterocycles. The van der Waals surface area contributed by atoms with E-state index in [0.29, 0.717) is 0 Å². The van der Waals surface area contributed by atoms with Crippen molar-refractivity contribution in [3.63, 3.8) is 0 Å². The Bertz CT molecular complexity index is 612. The first-order valence-corrected chi connectivity index (χ1v) is 14.8. The molecule has 0 saturated heterocycles. The van der Waals surface area contributed by atoms with Crippen LogP contribution in [0.4, 0.5) is 5.69 Å². The highest BCUT2D eigenvalue weighted by Crippen LogP contribution is 2.37. The lowest BCUT2D eigenvalue weighted by atomic mass is 10.1. The normalized spacial score (nSPS) is 12.8. The zero-order valence-electron chi connectivity index (χ0n) is 13.3. The second kappa shape index (κ2) is 5.31. The SMILES string of the molecule is C[Si](C)(C)N(c1ccc(Br)c2ccccc12)[Si](C)(C)C. The molecule has 108 valence electrons. The van der Waals surface area contributed by atoms with Crippen molar-refractivity contribution in [1.82, 2.24) is 0 Å². The summed E-state index contributed by atoms with van der Waals surface area (Å²) in [5.74, 6) is 0. The fourth-order valence-electron chi connectivity index (χ4n) is 3.17. The van der Waals surface area contributed by atoms with Crippen molar-refractivity contribution in [3.05, 3.63) is 40.9 Å². The molecule has 2 rings (SSSR count). The van der Waals surface area contributed by atoms with Crippen molar-refractivity contribution in [3.8, 4) is 0 Å². The third-order valence-electron chi connectivity index (χ3n) is 3.43. The molecule has 0 aliphatic carbocycles. The number of hydrogen-bond donors (Lipinski definition) is 0. The largest absolute Gasteiger partial charge is 0.424 e. The number of halogens is 1. The lowest BCUT2D eigenvalue weighted by Gasteiger charge is -2.46. The Morgan fingerprint density at radius 3 is 1.75 bits per heavy atom. The summed E-state index contributed by atoms with van der Waals surface area (Å²) >= 11 is 3.69. The van der Waals surface area contributed by atoms with E-state index in [0.717, 1.165) is 0 Å². The van der Waals surface area contributed by atoms with Crippen molar-refractivity contribution in [2.24, 2.45) is 0 Å². The fourth-order valence-corrected chi connectivity index (χ4v) is 13.5. The van der Waals surface area contributed by atoms with E-state index < -0.39 is 16.5 Å². The van der Waals surface area contributed by atoms with Crippen LogP contribution in [0.2, 0.25) is 39.3 Å². The molecular formula is C16H24BrNSi2. The van der Waals surface area contributed by atoms with E-state index in [2.05, 4.69) is 95.8 Å². The number of fused-ring (bicyclic) bond motifs is 1.